The summed E-state index contributed by atoms with van der Waals surface area (Å²) < 4.78 is 0. The molecule has 2 heterocycles. The number of nitrogens with zero attached hydrogens (tertiary/aromatic N) is 4. The Kier molecular flexibility index (Phi) is 6.52. The molecule has 0 saturated heterocycles. The molecule has 1 saturated carbocycles. The Morgan fingerprint density at radius 3 is 2.44 bits per heavy atom. The van der Waals surface area contributed by atoms with Gasteiger partial charge in [-0.15, -0.1) is 0 Å². The third-order valence-electron chi connectivity index (χ3n) is 4.41. The number of aryl methyl sites for hydroxylation is 1. The second kappa shape index (κ2) is 9.26. The Morgan fingerprint density at radius 1 is 1.00 bits per heavy atom. The van der Waals surface area contributed by atoms with Crippen molar-refractivity contribution in [1.29, 1.82) is 0 Å². The van der Waals surface area contributed by atoms with Crippen molar-refractivity contribution < 1.29 is 9.68 Å². The molecular weight excluding hydrogens is 340 g/mol. The SMILES string of the molecule is CON=C(C)c1cccc(CCCON=C(C)c2cccc(C3CC3)n2)n1. The summed E-state index contributed by atoms with van der Waals surface area (Å²) in [6.45, 7) is 4.35. The highest BCUT2D eigenvalue weighted by Crippen LogP contribution is 2.38. The maximum atomic E-state index is 5.48. The summed E-state index contributed by atoms with van der Waals surface area (Å²) in [6.07, 6.45) is 4.14. The Hall–Kier alpha value is -2.76. The van der Waals surface area contributed by atoms with E-state index in [0.717, 1.165) is 41.3 Å². The van der Waals surface area contributed by atoms with Gasteiger partial charge in [0.25, 0.3) is 0 Å². The van der Waals surface area contributed by atoms with Gasteiger partial charge in [-0.3, -0.25) is 9.97 Å². The largest absolute Gasteiger partial charge is 0.399 e. The van der Waals surface area contributed by atoms with Gasteiger partial charge in [0.1, 0.15) is 25.1 Å². The van der Waals surface area contributed by atoms with E-state index in [1.54, 1.807) is 0 Å². The Bertz CT molecular complexity index is 828. The topological polar surface area (TPSA) is 69.0 Å². The lowest BCUT2D eigenvalue weighted by Gasteiger charge is -2.05. The van der Waals surface area contributed by atoms with Crippen molar-refractivity contribution in [3.63, 3.8) is 0 Å². The van der Waals surface area contributed by atoms with E-state index in [1.807, 2.05) is 44.2 Å². The second-order valence-electron chi connectivity index (χ2n) is 6.71. The predicted octanol–water partition coefficient (Wildman–Crippen LogP) is 4.10. The number of aromatic nitrogens is 2. The molecule has 142 valence electrons. The molecule has 0 aromatic carbocycles. The average Bonchev–Trinajstić information content (AvgIpc) is 3.53. The van der Waals surface area contributed by atoms with Gasteiger partial charge < -0.3 is 9.68 Å². The lowest BCUT2D eigenvalue weighted by molar-refractivity contribution is 0.141. The van der Waals surface area contributed by atoms with E-state index in [4.69, 9.17) is 9.68 Å². The summed E-state index contributed by atoms with van der Waals surface area (Å²) in [4.78, 5) is 19.6. The van der Waals surface area contributed by atoms with Gasteiger partial charge >= 0.3 is 0 Å². The highest BCUT2D eigenvalue weighted by atomic mass is 16.6. The standard InChI is InChI=1S/C21H26N4O2/c1-15(24-26-3)19-9-4-7-18(22-19)8-6-14-27-25-16(2)20-10-5-11-21(23-20)17-12-13-17/h4-5,7,9-11,17H,6,8,12-14H2,1-3H3. The fourth-order valence-electron chi connectivity index (χ4n) is 2.77. The number of oxime groups is 2. The molecule has 2 aromatic heterocycles. The van der Waals surface area contributed by atoms with E-state index in [2.05, 4.69) is 26.3 Å². The third-order valence-corrected chi connectivity index (χ3v) is 4.41. The molecule has 0 atom stereocenters. The molecule has 0 N–H and O–H groups in total. The highest BCUT2D eigenvalue weighted by molar-refractivity contribution is 5.97. The summed E-state index contributed by atoms with van der Waals surface area (Å²) in [5, 5.41) is 8.14. The molecule has 0 unspecified atom stereocenters. The molecule has 6 nitrogen and oxygen atoms in total. The van der Waals surface area contributed by atoms with Crippen LogP contribution in [0.3, 0.4) is 0 Å². The zero-order chi connectivity index (χ0) is 19.1. The third kappa shape index (κ3) is 5.61. The van der Waals surface area contributed by atoms with Crippen molar-refractivity contribution in [3.8, 4) is 0 Å². The fourth-order valence-corrected chi connectivity index (χ4v) is 2.77. The fraction of sp³-hybridized carbons (Fsp3) is 0.429. The second-order valence-corrected chi connectivity index (χ2v) is 6.71. The molecule has 1 fully saturated rings. The molecule has 27 heavy (non-hydrogen) atoms. The van der Waals surface area contributed by atoms with Crippen molar-refractivity contribution in [2.24, 2.45) is 10.3 Å². The first-order valence-corrected chi connectivity index (χ1v) is 9.35. The molecule has 0 spiro atoms. The van der Waals surface area contributed by atoms with Crippen molar-refractivity contribution >= 4 is 11.4 Å². The smallest absolute Gasteiger partial charge is 0.117 e. The van der Waals surface area contributed by atoms with Crippen LogP contribution in [0.4, 0.5) is 0 Å². The first-order chi connectivity index (χ1) is 13.2. The molecule has 1 aliphatic rings. The lowest BCUT2D eigenvalue weighted by atomic mass is 10.2. The molecule has 0 aliphatic heterocycles. The summed E-state index contributed by atoms with van der Waals surface area (Å²) >= 11 is 0. The van der Waals surface area contributed by atoms with Crippen LogP contribution in [-0.4, -0.2) is 35.1 Å². The van der Waals surface area contributed by atoms with Crippen LogP contribution in [0, 0.1) is 0 Å². The number of hydrogen-bond acceptors (Lipinski definition) is 6. The minimum absolute atomic E-state index is 0.538. The van der Waals surface area contributed by atoms with Crippen LogP contribution in [0.25, 0.3) is 0 Å². The zero-order valence-corrected chi connectivity index (χ0v) is 16.2. The summed E-state index contributed by atoms with van der Waals surface area (Å²) in [5.41, 5.74) is 5.45. The molecule has 1 aliphatic carbocycles. The van der Waals surface area contributed by atoms with Crippen molar-refractivity contribution in [1.82, 2.24) is 9.97 Å². The van der Waals surface area contributed by atoms with Crippen LogP contribution in [0.5, 0.6) is 0 Å². The van der Waals surface area contributed by atoms with Gasteiger partial charge in [-0.2, -0.15) is 0 Å². The first kappa shape index (κ1) is 19.0. The zero-order valence-electron chi connectivity index (χ0n) is 16.2. The van der Waals surface area contributed by atoms with E-state index in [-0.39, 0.29) is 0 Å². The Balaban J connectivity index is 1.47. The van der Waals surface area contributed by atoms with Crippen LogP contribution in [0.2, 0.25) is 0 Å². The van der Waals surface area contributed by atoms with Gasteiger partial charge in [0.05, 0.1) is 11.4 Å². The van der Waals surface area contributed by atoms with Crippen LogP contribution in [0.1, 0.15) is 61.8 Å². The Morgan fingerprint density at radius 2 is 1.70 bits per heavy atom. The first-order valence-electron chi connectivity index (χ1n) is 9.35. The normalized spacial score (nSPS) is 14.9. The van der Waals surface area contributed by atoms with Gasteiger partial charge in [-0.25, -0.2) is 0 Å². The maximum Gasteiger partial charge on any atom is 0.117 e. The van der Waals surface area contributed by atoms with Crippen molar-refractivity contribution in [2.75, 3.05) is 13.7 Å². The van der Waals surface area contributed by atoms with Gasteiger partial charge in [-0.1, -0.05) is 22.4 Å². The van der Waals surface area contributed by atoms with E-state index < -0.39 is 0 Å². The number of rotatable bonds is 9. The monoisotopic (exact) mass is 366 g/mol. The molecule has 6 heteroatoms. The molecule has 2 aromatic rings. The van der Waals surface area contributed by atoms with Gasteiger partial charge in [-0.05, 0) is 63.8 Å². The van der Waals surface area contributed by atoms with Gasteiger partial charge in [0, 0.05) is 17.3 Å². The lowest BCUT2D eigenvalue weighted by Crippen LogP contribution is -2.04. The molecule has 0 bridgehead atoms. The minimum Gasteiger partial charge on any atom is -0.399 e. The average molecular weight is 366 g/mol. The molecular formula is C21H26N4O2. The maximum absolute atomic E-state index is 5.48. The minimum atomic E-state index is 0.538. The predicted molar refractivity (Wildman–Crippen MR) is 106 cm³/mol. The van der Waals surface area contributed by atoms with Crippen molar-refractivity contribution in [2.45, 2.75) is 45.4 Å². The van der Waals surface area contributed by atoms with Crippen molar-refractivity contribution in [3.05, 3.63) is 59.2 Å². The van der Waals surface area contributed by atoms with E-state index in [0.29, 0.717) is 12.5 Å². The van der Waals surface area contributed by atoms with E-state index >= 15 is 0 Å². The van der Waals surface area contributed by atoms with Crippen LogP contribution in [-0.2, 0) is 16.1 Å². The van der Waals surface area contributed by atoms with Gasteiger partial charge in [0.15, 0.2) is 0 Å². The highest BCUT2D eigenvalue weighted by Gasteiger charge is 2.25. The molecule has 0 amide bonds. The van der Waals surface area contributed by atoms with Gasteiger partial charge in [0.2, 0.25) is 0 Å². The van der Waals surface area contributed by atoms with Crippen LogP contribution in [0.15, 0.2) is 46.7 Å². The molecule has 3 rings (SSSR count). The number of hydrogen-bond donors (Lipinski definition) is 0. The summed E-state index contributed by atoms with van der Waals surface area (Å²) in [5.74, 6) is 0.638. The van der Waals surface area contributed by atoms with Crippen LogP contribution >= 0.6 is 0 Å². The van der Waals surface area contributed by atoms with Crippen LogP contribution < -0.4 is 0 Å². The summed E-state index contributed by atoms with van der Waals surface area (Å²) in [7, 11) is 1.53. The quantitative estimate of drug-likeness (QED) is 0.381. The number of pyridine rings is 2. The van der Waals surface area contributed by atoms with E-state index in [9.17, 15) is 0 Å². The molecule has 0 radical (unpaired) electrons. The Labute approximate surface area is 160 Å². The summed E-state index contributed by atoms with van der Waals surface area (Å²) in [6, 6.07) is 12.0. The van der Waals surface area contributed by atoms with E-state index in [1.165, 1.54) is 25.6 Å².